The fourth-order valence-corrected chi connectivity index (χ4v) is 2.30. The third-order valence-electron chi connectivity index (χ3n) is 3.12. The molecule has 1 atom stereocenters. The number of aliphatic hydroxyl groups is 1. The van der Waals surface area contributed by atoms with E-state index in [1.54, 1.807) is 25.3 Å². The Hall–Kier alpha value is -1.55. The summed E-state index contributed by atoms with van der Waals surface area (Å²) in [7, 11) is 1.60. The van der Waals surface area contributed by atoms with Gasteiger partial charge in [-0.25, -0.2) is 0 Å². The second kappa shape index (κ2) is 8.03. The summed E-state index contributed by atoms with van der Waals surface area (Å²) >= 11 is 5.97. The van der Waals surface area contributed by atoms with E-state index in [2.05, 4.69) is 0 Å². The fourth-order valence-electron chi connectivity index (χ4n) is 2.11. The van der Waals surface area contributed by atoms with E-state index in [-0.39, 0.29) is 6.61 Å². The summed E-state index contributed by atoms with van der Waals surface area (Å²) in [6.45, 7) is 0.759. The lowest BCUT2D eigenvalue weighted by molar-refractivity contribution is 0.0286. The first kappa shape index (κ1) is 15.8. The molecule has 0 aliphatic carbocycles. The molecule has 2 aromatic rings. The minimum atomic E-state index is -0.596. The molecule has 0 heterocycles. The van der Waals surface area contributed by atoms with Crippen molar-refractivity contribution < 1.29 is 14.6 Å². The number of hydrogen-bond donors (Lipinski definition) is 1. The normalized spacial score (nSPS) is 12.1. The zero-order chi connectivity index (χ0) is 15.1. The van der Waals surface area contributed by atoms with Crippen LogP contribution in [0.1, 0.15) is 11.1 Å². The molecular formula is C17H19ClO3. The van der Waals surface area contributed by atoms with E-state index < -0.39 is 6.10 Å². The van der Waals surface area contributed by atoms with Gasteiger partial charge in [0, 0.05) is 11.4 Å². The highest BCUT2D eigenvalue weighted by Gasteiger charge is 2.11. The lowest BCUT2D eigenvalue weighted by Gasteiger charge is -2.14. The monoisotopic (exact) mass is 306 g/mol. The molecule has 0 saturated carbocycles. The van der Waals surface area contributed by atoms with E-state index >= 15 is 0 Å². The molecule has 21 heavy (non-hydrogen) atoms. The smallest absolute Gasteiger partial charge is 0.122 e. The van der Waals surface area contributed by atoms with E-state index in [4.69, 9.17) is 21.1 Å². The van der Waals surface area contributed by atoms with Crippen LogP contribution in [0.4, 0.5) is 0 Å². The molecule has 0 aromatic heterocycles. The van der Waals surface area contributed by atoms with Crippen LogP contribution in [-0.4, -0.2) is 24.9 Å². The first-order valence-corrected chi connectivity index (χ1v) is 7.19. The number of halogens is 1. The van der Waals surface area contributed by atoms with Crippen LogP contribution in [0.2, 0.25) is 5.02 Å². The highest BCUT2D eigenvalue weighted by Crippen LogP contribution is 2.24. The standard InChI is InChI=1S/C17H19ClO3/c1-20-17-8-7-15(18)9-14(17)10-16(19)12-21-11-13-5-3-2-4-6-13/h2-9,16,19H,10-12H2,1H3/t16-/m0/s1. The summed E-state index contributed by atoms with van der Waals surface area (Å²) in [5.41, 5.74) is 1.96. The summed E-state index contributed by atoms with van der Waals surface area (Å²) in [6.07, 6.45) is -0.153. The average molecular weight is 307 g/mol. The Morgan fingerprint density at radius 1 is 1.14 bits per heavy atom. The van der Waals surface area contributed by atoms with Crippen molar-refractivity contribution in [2.75, 3.05) is 13.7 Å². The Morgan fingerprint density at radius 2 is 1.90 bits per heavy atom. The number of hydrogen-bond acceptors (Lipinski definition) is 3. The summed E-state index contributed by atoms with van der Waals surface area (Å²) in [4.78, 5) is 0. The molecule has 0 aliphatic rings. The quantitative estimate of drug-likeness (QED) is 0.851. The second-order valence-electron chi connectivity index (χ2n) is 4.81. The van der Waals surface area contributed by atoms with Crippen LogP contribution in [0.5, 0.6) is 5.75 Å². The molecule has 0 saturated heterocycles. The van der Waals surface area contributed by atoms with Crippen LogP contribution in [0.15, 0.2) is 48.5 Å². The van der Waals surface area contributed by atoms with Gasteiger partial charge in [0.1, 0.15) is 5.75 Å². The van der Waals surface area contributed by atoms with E-state index in [1.165, 1.54) is 0 Å². The van der Waals surface area contributed by atoms with E-state index in [0.29, 0.717) is 18.1 Å². The lowest BCUT2D eigenvalue weighted by atomic mass is 10.1. The van der Waals surface area contributed by atoms with Gasteiger partial charge in [0.15, 0.2) is 0 Å². The Kier molecular flexibility index (Phi) is 6.05. The third-order valence-corrected chi connectivity index (χ3v) is 3.35. The first-order valence-electron chi connectivity index (χ1n) is 6.81. The third kappa shape index (κ3) is 5.05. The molecule has 2 rings (SSSR count). The van der Waals surface area contributed by atoms with Crippen LogP contribution in [0, 0.1) is 0 Å². The van der Waals surface area contributed by atoms with Gasteiger partial charge in [-0.05, 0) is 29.3 Å². The van der Waals surface area contributed by atoms with Crippen molar-refractivity contribution >= 4 is 11.6 Å². The highest BCUT2D eigenvalue weighted by molar-refractivity contribution is 6.30. The molecule has 0 bridgehead atoms. The largest absolute Gasteiger partial charge is 0.496 e. The van der Waals surface area contributed by atoms with Crippen molar-refractivity contribution in [3.63, 3.8) is 0 Å². The Bertz CT molecular complexity index is 557. The molecule has 0 spiro atoms. The maximum Gasteiger partial charge on any atom is 0.122 e. The van der Waals surface area contributed by atoms with Gasteiger partial charge in [-0.3, -0.25) is 0 Å². The molecule has 0 amide bonds. The second-order valence-corrected chi connectivity index (χ2v) is 5.25. The van der Waals surface area contributed by atoms with Crippen molar-refractivity contribution in [1.29, 1.82) is 0 Å². The summed E-state index contributed by atoms with van der Waals surface area (Å²) in [6, 6.07) is 15.2. The summed E-state index contributed by atoms with van der Waals surface area (Å²) in [5.74, 6) is 0.724. The SMILES string of the molecule is COc1ccc(Cl)cc1C[C@H](O)COCc1ccccc1. The van der Waals surface area contributed by atoms with Crippen molar-refractivity contribution in [3.8, 4) is 5.75 Å². The molecule has 0 radical (unpaired) electrons. The van der Waals surface area contributed by atoms with Crippen LogP contribution in [0.25, 0.3) is 0 Å². The van der Waals surface area contributed by atoms with Gasteiger partial charge in [-0.2, -0.15) is 0 Å². The molecule has 0 aliphatic heterocycles. The van der Waals surface area contributed by atoms with Gasteiger partial charge in [0.2, 0.25) is 0 Å². The Labute approximate surface area is 130 Å². The number of methoxy groups -OCH3 is 1. The Balaban J connectivity index is 1.84. The first-order chi connectivity index (χ1) is 10.2. The van der Waals surface area contributed by atoms with Crippen LogP contribution >= 0.6 is 11.6 Å². The van der Waals surface area contributed by atoms with Gasteiger partial charge < -0.3 is 14.6 Å². The van der Waals surface area contributed by atoms with Crippen molar-refractivity contribution in [3.05, 3.63) is 64.7 Å². The van der Waals surface area contributed by atoms with Crippen molar-refractivity contribution in [2.24, 2.45) is 0 Å². The number of aliphatic hydroxyl groups excluding tert-OH is 1. The van der Waals surface area contributed by atoms with Crippen molar-refractivity contribution in [2.45, 2.75) is 19.1 Å². The molecule has 0 unspecified atom stereocenters. The molecule has 3 nitrogen and oxygen atoms in total. The fraction of sp³-hybridized carbons (Fsp3) is 0.294. The van der Waals surface area contributed by atoms with Crippen LogP contribution in [0.3, 0.4) is 0 Å². The minimum Gasteiger partial charge on any atom is -0.496 e. The zero-order valence-corrected chi connectivity index (χ0v) is 12.7. The number of benzene rings is 2. The van der Waals surface area contributed by atoms with Crippen LogP contribution in [-0.2, 0) is 17.8 Å². The summed E-state index contributed by atoms with van der Waals surface area (Å²) in [5, 5.41) is 10.7. The number of rotatable bonds is 7. The number of ether oxygens (including phenoxy) is 2. The molecular weight excluding hydrogens is 288 g/mol. The highest BCUT2D eigenvalue weighted by atomic mass is 35.5. The van der Waals surface area contributed by atoms with Crippen molar-refractivity contribution in [1.82, 2.24) is 0 Å². The minimum absolute atomic E-state index is 0.268. The van der Waals surface area contributed by atoms with E-state index in [0.717, 1.165) is 16.9 Å². The predicted molar refractivity (Wildman–Crippen MR) is 83.8 cm³/mol. The topological polar surface area (TPSA) is 38.7 Å². The predicted octanol–water partition coefficient (Wildman–Crippen LogP) is 3.47. The maximum atomic E-state index is 10.1. The van der Waals surface area contributed by atoms with Gasteiger partial charge >= 0.3 is 0 Å². The summed E-state index contributed by atoms with van der Waals surface area (Å²) < 4.78 is 10.8. The lowest BCUT2D eigenvalue weighted by Crippen LogP contribution is -2.18. The zero-order valence-electron chi connectivity index (χ0n) is 12.0. The van der Waals surface area contributed by atoms with E-state index in [9.17, 15) is 5.11 Å². The van der Waals surface area contributed by atoms with Gasteiger partial charge in [0.05, 0.1) is 26.4 Å². The maximum absolute atomic E-state index is 10.1. The van der Waals surface area contributed by atoms with E-state index in [1.807, 2.05) is 30.3 Å². The van der Waals surface area contributed by atoms with Crippen LogP contribution < -0.4 is 4.74 Å². The molecule has 4 heteroatoms. The molecule has 0 fully saturated rings. The molecule has 1 N–H and O–H groups in total. The Morgan fingerprint density at radius 3 is 2.62 bits per heavy atom. The van der Waals surface area contributed by atoms with Gasteiger partial charge in [-0.15, -0.1) is 0 Å². The average Bonchev–Trinajstić information content (AvgIpc) is 2.48. The van der Waals surface area contributed by atoms with Gasteiger partial charge in [-0.1, -0.05) is 41.9 Å². The van der Waals surface area contributed by atoms with Gasteiger partial charge in [0.25, 0.3) is 0 Å². The molecule has 112 valence electrons. The molecule has 2 aromatic carbocycles.